The smallest absolute Gasteiger partial charge is 0.256 e. The number of hydrogen-bond acceptors (Lipinski definition) is 4. The van der Waals surface area contributed by atoms with Crippen LogP contribution >= 0.6 is 11.3 Å². The van der Waals surface area contributed by atoms with Crippen LogP contribution in [-0.4, -0.2) is 5.91 Å². The van der Waals surface area contributed by atoms with E-state index in [-0.39, 0.29) is 11.3 Å². The molecule has 1 amide bonds. The van der Waals surface area contributed by atoms with Crippen molar-refractivity contribution in [2.75, 3.05) is 11.1 Å². The molecule has 0 aliphatic heterocycles. The SMILES string of the molecule is N#Cc1ccsc1NC(=O)c1ccc(F)c(N)c1. The van der Waals surface area contributed by atoms with Crippen LogP contribution in [0, 0.1) is 17.1 Å². The van der Waals surface area contributed by atoms with E-state index in [0.717, 1.165) is 6.07 Å². The summed E-state index contributed by atoms with van der Waals surface area (Å²) in [7, 11) is 0. The van der Waals surface area contributed by atoms with Crippen LogP contribution in [0.25, 0.3) is 0 Å². The van der Waals surface area contributed by atoms with Crippen LogP contribution in [0.1, 0.15) is 15.9 Å². The summed E-state index contributed by atoms with van der Waals surface area (Å²) in [6.07, 6.45) is 0. The lowest BCUT2D eigenvalue weighted by atomic mass is 10.2. The lowest BCUT2D eigenvalue weighted by Crippen LogP contribution is -2.12. The maximum absolute atomic E-state index is 13.0. The monoisotopic (exact) mass is 261 g/mol. The summed E-state index contributed by atoms with van der Waals surface area (Å²) in [4.78, 5) is 11.9. The number of nitrogens with zero attached hydrogens (tertiary/aromatic N) is 1. The Morgan fingerprint density at radius 2 is 2.22 bits per heavy atom. The topological polar surface area (TPSA) is 78.9 Å². The molecule has 0 unspecified atom stereocenters. The van der Waals surface area contributed by atoms with Gasteiger partial charge in [-0.15, -0.1) is 11.3 Å². The summed E-state index contributed by atoms with van der Waals surface area (Å²) in [6.45, 7) is 0. The molecule has 0 saturated heterocycles. The third kappa shape index (κ3) is 2.31. The Kier molecular flexibility index (Phi) is 3.26. The number of nitrogens with one attached hydrogen (secondary N) is 1. The molecular formula is C12H8FN3OS. The van der Waals surface area contributed by atoms with E-state index < -0.39 is 11.7 Å². The molecule has 0 atom stereocenters. The number of halogens is 1. The van der Waals surface area contributed by atoms with Gasteiger partial charge in [-0.3, -0.25) is 4.79 Å². The summed E-state index contributed by atoms with van der Waals surface area (Å²) < 4.78 is 13.0. The molecule has 90 valence electrons. The summed E-state index contributed by atoms with van der Waals surface area (Å²) in [5.41, 5.74) is 5.93. The number of benzene rings is 1. The molecule has 0 radical (unpaired) electrons. The molecule has 0 bridgehead atoms. The zero-order chi connectivity index (χ0) is 13.1. The minimum atomic E-state index is -0.569. The average molecular weight is 261 g/mol. The molecule has 0 spiro atoms. The number of anilines is 2. The molecule has 0 aliphatic carbocycles. The molecule has 0 fully saturated rings. The van der Waals surface area contributed by atoms with Gasteiger partial charge in [0.2, 0.25) is 0 Å². The van der Waals surface area contributed by atoms with E-state index in [1.165, 1.54) is 23.5 Å². The highest BCUT2D eigenvalue weighted by Gasteiger charge is 2.11. The lowest BCUT2D eigenvalue weighted by Gasteiger charge is -2.04. The minimum absolute atomic E-state index is 0.0886. The van der Waals surface area contributed by atoms with Gasteiger partial charge in [0.25, 0.3) is 5.91 Å². The molecule has 0 aliphatic rings. The highest BCUT2D eigenvalue weighted by Crippen LogP contribution is 2.23. The number of amides is 1. The maximum Gasteiger partial charge on any atom is 0.256 e. The molecule has 1 aromatic carbocycles. The molecular weight excluding hydrogens is 253 g/mol. The number of rotatable bonds is 2. The van der Waals surface area contributed by atoms with Crippen LogP contribution < -0.4 is 11.1 Å². The Morgan fingerprint density at radius 1 is 1.44 bits per heavy atom. The normalized spacial score (nSPS) is 9.78. The van der Waals surface area contributed by atoms with Gasteiger partial charge < -0.3 is 11.1 Å². The van der Waals surface area contributed by atoms with Gasteiger partial charge in [0.15, 0.2) is 0 Å². The van der Waals surface area contributed by atoms with E-state index in [4.69, 9.17) is 11.0 Å². The largest absolute Gasteiger partial charge is 0.396 e. The fraction of sp³-hybridized carbons (Fsp3) is 0. The number of carbonyl (C=O) groups excluding carboxylic acids is 1. The first-order chi connectivity index (χ1) is 8.61. The van der Waals surface area contributed by atoms with Crippen molar-refractivity contribution in [1.29, 1.82) is 5.26 Å². The molecule has 4 nitrogen and oxygen atoms in total. The van der Waals surface area contributed by atoms with Crippen LogP contribution in [-0.2, 0) is 0 Å². The van der Waals surface area contributed by atoms with Crippen LogP contribution in [0.15, 0.2) is 29.6 Å². The van der Waals surface area contributed by atoms with E-state index >= 15 is 0 Å². The zero-order valence-corrected chi connectivity index (χ0v) is 9.92. The summed E-state index contributed by atoms with van der Waals surface area (Å²) >= 11 is 1.24. The molecule has 18 heavy (non-hydrogen) atoms. The Morgan fingerprint density at radius 3 is 2.89 bits per heavy atom. The third-order valence-corrected chi connectivity index (χ3v) is 3.10. The second-order valence-electron chi connectivity index (χ2n) is 3.47. The second kappa shape index (κ2) is 4.85. The standard InChI is InChI=1S/C12H8FN3OS/c13-9-2-1-7(5-10(9)15)11(17)16-12-8(6-14)3-4-18-12/h1-5H,15H2,(H,16,17). The van der Waals surface area contributed by atoms with E-state index in [9.17, 15) is 9.18 Å². The molecule has 1 heterocycles. The van der Waals surface area contributed by atoms with E-state index in [2.05, 4.69) is 5.32 Å². The Bertz CT molecular complexity index is 645. The van der Waals surface area contributed by atoms with Gasteiger partial charge in [-0.25, -0.2) is 4.39 Å². The first-order valence-corrected chi connectivity index (χ1v) is 5.83. The van der Waals surface area contributed by atoms with Gasteiger partial charge >= 0.3 is 0 Å². The number of thiophene rings is 1. The fourth-order valence-electron chi connectivity index (χ4n) is 1.35. The Balaban J connectivity index is 2.23. The van der Waals surface area contributed by atoms with Crippen molar-refractivity contribution in [3.05, 3.63) is 46.6 Å². The predicted octanol–water partition coefficient (Wildman–Crippen LogP) is 2.59. The first-order valence-electron chi connectivity index (χ1n) is 4.96. The van der Waals surface area contributed by atoms with Crippen LogP contribution in [0.5, 0.6) is 0 Å². The van der Waals surface area contributed by atoms with Crippen molar-refractivity contribution in [1.82, 2.24) is 0 Å². The van der Waals surface area contributed by atoms with Crippen molar-refractivity contribution < 1.29 is 9.18 Å². The van der Waals surface area contributed by atoms with Gasteiger partial charge in [0, 0.05) is 5.56 Å². The number of nitrogen functional groups attached to an aromatic ring is 1. The molecule has 2 aromatic rings. The maximum atomic E-state index is 13.0. The summed E-state index contributed by atoms with van der Waals surface area (Å²) in [5, 5.41) is 13.6. The van der Waals surface area contributed by atoms with Crippen LogP contribution in [0.4, 0.5) is 15.1 Å². The number of carbonyl (C=O) groups is 1. The molecule has 0 saturated carbocycles. The molecule has 6 heteroatoms. The molecule has 3 N–H and O–H groups in total. The van der Waals surface area contributed by atoms with E-state index in [0.29, 0.717) is 10.6 Å². The van der Waals surface area contributed by atoms with Crippen LogP contribution in [0.2, 0.25) is 0 Å². The quantitative estimate of drug-likeness (QED) is 0.815. The van der Waals surface area contributed by atoms with Gasteiger partial charge in [-0.1, -0.05) is 0 Å². The van der Waals surface area contributed by atoms with Crippen molar-refractivity contribution in [2.45, 2.75) is 0 Å². The lowest BCUT2D eigenvalue weighted by molar-refractivity contribution is 0.102. The Labute approximate surface area is 106 Å². The third-order valence-electron chi connectivity index (χ3n) is 2.27. The van der Waals surface area contributed by atoms with Crippen molar-refractivity contribution in [3.8, 4) is 6.07 Å². The summed E-state index contributed by atoms with van der Waals surface area (Å²) in [5.74, 6) is -0.999. The molecule has 2 rings (SSSR count). The van der Waals surface area contributed by atoms with Gasteiger partial charge in [0.1, 0.15) is 16.9 Å². The summed E-state index contributed by atoms with van der Waals surface area (Å²) in [6, 6.07) is 7.29. The molecule has 1 aromatic heterocycles. The highest BCUT2D eigenvalue weighted by molar-refractivity contribution is 7.14. The second-order valence-corrected chi connectivity index (χ2v) is 4.38. The number of nitrogens with two attached hydrogens (primary N) is 1. The first kappa shape index (κ1) is 12.1. The predicted molar refractivity (Wildman–Crippen MR) is 67.8 cm³/mol. The van der Waals surface area contributed by atoms with E-state index in [1.54, 1.807) is 11.4 Å². The van der Waals surface area contributed by atoms with Crippen molar-refractivity contribution in [3.63, 3.8) is 0 Å². The van der Waals surface area contributed by atoms with Crippen molar-refractivity contribution in [2.24, 2.45) is 0 Å². The van der Waals surface area contributed by atoms with Gasteiger partial charge in [-0.2, -0.15) is 5.26 Å². The highest BCUT2D eigenvalue weighted by atomic mass is 32.1. The number of hydrogen-bond donors (Lipinski definition) is 2. The zero-order valence-electron chi connectivity index (χ0n) is 9.11. The fourth-order valence-corrected chi connectivity index (χ4v) is 2.09. The van der Waals surface area contributed by atoms with Gasteiger partial charge in [-0.05, 0) is 29.6 Å². The number of nitriles is 1. The Hall–Kier alpha value is -2.39. The van der Waals surface area contributed by atoms with Crippen molar-refractivity contribution >= 4 is 27.9 Å². The van der Waals surface area contributed by atoms with Gasteiger partial charge in [0.05, 0.1) is 11.3 Å². The van der Waals surface area contributed by atoms with E-state index in [1.807, 2.05) is 6.07 Å². The average Bonchev–Trinajstić information content (AvgIpc) is 2.79. The van der Waals surface area contributed by atoms with Crippen LogP contribution in [0.3, 0.4) is 0 Å². The minimum Gasteiger partial charge on any atom is -0.396 e.